The molecule has 1 heterocycles. The van der Waals surface area contributed by atoms with Gasteiger partial charge in [0.15, 0.2) is 0 Å². The molecule has 1 aromatic carbocycles. The number of aryl methyl sites for hydroxylation is 2. The molecule has 28 heavy (non-hydrogen) atoms. The fourth-order valence-electron chi connectivity index (χ4n) is 3.40. The Morgan fingerprint density at radius 2 is 2.00 bits per heavy atom. The second-order valence-corrected chi connectivity index (χ2v) is 6.77. The number of fused-ring (bicyclic) bond motifs is 1. The van der Waals surface area contributed by atoms with E-state index in [1.54, 1.807) is 12.1 Å². The van der Waals surface area contributed by atoms with Gasteiger partial charge in [0.2, 0.25) is 0 Å². The zero-order valence-electron chi connectivity index (χ0n) is 16.2. The Kier molecular flexibility index (Phi) is 6.08. The molecule has 0 saturated heterocycles. The number of anilines is 1. The molecule has 4 N–H and O–H groups in total. The SMILES string of the molecule is COc1ccc(NC(=O)NCCc2nc(C)c3c(n2)CCCC3)cc1C(N)=O. The van der Waals surface area contributed by atoms with Crippen LogP contribution in [0.1, 0.15) is 46.0 Å². The van der Waals surface area contributed by atoms with Gasteiger partial charge in [-0.2, -0.15) is 0 Å². The van der Waals surface area contributed by atoms with E-state index in [1.165, 1.54) is 31.6 Å². The Balaban J connectivity index is 1.56. The fraction of sp³-hybridized carbons (Fsp3) is 0.400. The monoisotopic (exact) mass is 383 g/mol. The number of aromatic nitrogens is 2. The van der Waals surface area contributed by atoms with Crippen molar-refractivity contribution < 1.29 is 14.3 Å². The molecular formula is C20H25N5O3. The van der Waals surface area contributed by atoms with Crippen molar-refractivity contribution in [1.82, 2.24) is 15.3 Å². The number of nitrogens with one attached hydrogen (secondary N) is 2. The van der Waals surface area contributed by atoms with Crippen LogP contribution in [-0.4, -0.2) is 35.6 Å². The second kappa shape index (κ2) is 8.69. The number of rotatable bonds is 6. The molecule has 2 aromatic rings. The number of nitrogens with two attached hydrogens (primary N) is 1. The highest BCUT2D eigenvalue weighted by atomic mass is 16.5. The molecule has 0 radical (unpaired) electrons. The summed E-state index contributed by atoms with van der Waals surface area (Å²) >= 11 is 0. The minimum Gasteiger partial charge on any atom is -0.496 e. The lowest BCUT2D eigenvalue weighted by Crippen LogP contribution is -2.31. The zero-order valence-corrected chi connectivity index (χ0v) is 16.2. The van der Waals surface area contributed by atoms with Crippen LogP contribution >= 0.6 is 0 Å². The summed E-state index contributed by atoms with van der Waals surface area (Å²) in [5.41, 5.74) is 9.47. The van der Waals surface area contributed by atoms with Crippen molar-refractivity contribution in [3.05, 3.63) is 46.5 Å². The standard InChI is InChI=1S/C20H25N5O3/c1-12-14-5-3-4-6-16(14)25-18(23-12)9-10-22-20(27)24-13-7-8-17(28-2)15(11-13)19(21)26/h7-8,11H,3-6,9-10H2,1-2H3,(H2,21,26)(H2,22,24,27). The quantitative estimate of drug-likeness (QED) is 0.706. The van der Waals surface area contributed by atoms with Crippen LogP contribution in [0.3, 0.4) is 0 Å². The van der Waals surface area contributed by atoms with Gasteiger partial charge in [-0.25, -0.2) is 14.8 Å². The summed E-state index contributed by atoms with van der Waals surface area (Å²) in [6.07, 6.45) is 4.97. The molecule has 1 aromatic heterocycles. The lowest BCUT2D eigenvalue weighted by molar-refractivity contribution is 0.0997. The summed E-state index contributed by atoms with van der Waals surface area (Å²) in [5.74, 6) is 0.484. The smallest absolute Gasteiger partial charge is 0.319 e. The minimum absolute atomic E-state index is 0.207. The van der Waals surface area contributed by atoms with E-state index < -0.39 is 5.91 Å². The maximum Gasteiger partial charge on any atom is 0.319 e. The Morgan fingerprint density at radius 3 is 2.75 bits per heavy atom. The van der Waals surface area contributed by atoms with Crippen molar-refractivity contribution in [2.45, 2.75) is 39.0 Å². The highest BCUT2D eigenvalue weighted by Crippen LogP contribution is 2.23. The molecule has 0 atom stereocenters. The lowest BCUT2D eigenvalue weighted by Gasteiger charge is -2.17. The van der Waals surface area contributed by atoms with Gasteiger partial charge in [-0.1, -0.05) is 0 Å². The summed E-state index contributed by atoms with van der Waals surface area (Å²) in [6.45, 7) is 2.43. The molecule has 1 aliphatic rings. The third kappa shape index (κ3) is 4.57. The average Bonchev–Trinajstić information content (AvgIpc) is 2.68. The summed E-state index contributed by atoms with van der Waals surface area (Å²) in [7, 11) is 1.45. The second-order valence-electron chi connectivity index (χ2n) is 6.77. The molecule has 0 fully saturated rings. The predicted molar refractivity (Wildman–Crippen MR) is 106 cm³/mol. The first-order valence-electron chi connectivity index (χ1n) is 9.36. The van der Waals surface area contributed by atoms with Crippen LogP contribution < -0.4 is 21.1 Å². The van der Waals surface area contributed by atoms with Crippen molar-refractivity contribution >= 4 is 17.6 Å². The average molecular weight is 383 g/mol. The molecule has 0 bridgehead atoms. The Hall–Kier alpha value is -3.16. The number of carbonyl (C=O) groups excluding carboxylic acids is 2. The molecule has 0 saturated carbocycles. The molecule has 8 nitrogen and oxygen atoms in total. The van der Waals surface area contributed by atoms with Gasteiger partial charge < -0.3 is 21.1 Å². The highest BCUT2D eigenvalue weighted by Gasteiger charge is 2.15. The number of hydrogen-bond donors (Lipinski definition) is 3. The summed E-state index contributed by atoms with van der Waals surface area (Å²) in [4.78, 5) is 32.8. The first-order chi connectivity index (χ1) is 13.5. The van der Waals surface area contributed by atoms with E-state index in [0.29, 0.717) is 24.4 Å². The first-order valence-corrected chi connectivity index (χ1v) is 9.36. The number of methoxy groups -OCH3 is 1. The van der Waals surface area contributed by atoms with Crippen LogP contribution in [0.15, 0.2) is 18.2 Å². The maximum absolute atomic E-state index is 12.1. The number of ether oxygens (including phenoxy) is 1. The van der Waals surface area contributed by atoms with E-state index in [2.05, 4.69) is 20.6 Å². The van der Waals surface area contributed by atoms with Gasteiger partial charge in [-0.15, -0.1) is 0 Å². The van der Waals surface area contributed by atoms with Crippen LogP contribution in [-0.2, 0) is 19.3 Å². The Labute approximate surface area is 163 Å². The van der Waals surface area contributed by atoms with Crippen molar-refractivity contribution in [3.63, 3.8) is 0 Å². The number of hydrogen-bond acceptors (Lipinski definition) is 5. The fourth-order valence-corrected chi connectivity index (χ4v) is 3.40. The molecule has 1 aliphatic carbocycles. The van der Waals surface area contributed by atoms with Crippen LogP contribution in [0.5, 0.6) is 5.75 Å². The van der Waals surface area contributed by atoms with Gasteiger partial charge >= 0.3 is 6.03 Å². The van der Waals surface area contributed by atoms with Crippen molar-refractivity contribution in [2.24, 2.45) is 5.73 Å². The molecular weight excluding hydrogens is 358 g/mol. The topological polar surface area (TPSA) is 119 Å². The van der Waals surface area contributed by atoms with E-state index >= 15 is 0 Å². The van der Waals surface area contributed by atoms with Gasteiger partial charge in [0.25, 0.3) is 5.91 Å². The van der Waals surface area contributed by atoms with E-state index in [1.807, 2.05) is 6.92 Å². The van der Waals surface area contributed by atoms with Gasteiger partial charge in [0, 0.05) is 30.0 Å². The molecule has 0 spiro atoms. The van der Waals surface area contributed by atoms with E-state index in [9.17, 15) is 9.59 Å². The Morgan fingerprint density at radius 1 is 1.21 bits per heavy atom. The van der Waals surface area contributed by atoms with Gasteiger partial charge in [-0.05, 0) is 56.4 Å². The van der Waals surface area contributed by atoms with E-state index in [0.717, 1.165) is 30.1 Å². The molecule has 3 rings (SSSR count). The number of primary amides is 1. The summed E-state index contributed by atoms with van der Waals surface area (Å²) in [6, 6.07) is 4.33. The van der Waals surface area contributed by atoms with Gasteiger partial charge in [0.05, 0.1) is 12.7 Å². The highest BCUT2D eigenvalue weighted by molar-refractivity contribution is 5.98. The van der Waals surface area contributed by atoms with Crippen LogP contribution in [0.4, 0.5) is 10.5 Å². The molecule has 0 aliphatic heterocycles. The minimum atomic E-state index is -0.624. The Bertz CT molecular complexity index is 898. The number of urea groups is 1. The number of benzene rings is 1. The van der Waals surface area contributed by atoms with Crippen LogP contribution in [0.2, 0.25) is 0 Å². The summed E-state index contributed by atoms with van der Waals surface area (Å²) in [5, 5.41) is 5.46. The lowest BCUT2D eigenvalue weighted by atomic mass is 9.95. The van der Waals surface area contributed by atoms with E-state index in [4.69, 9.17) is 10.5 Å². The predicted octanol–water partition coefficient (Wildman–Crippen LogP) is 2.14. The summed E-state index contributed by atoms with van der Waals surface area (Å²) < 4.78 is 5.09. The number of amides is 3. The maximum atomic E-state index is 12.1. The zero-order chi connectivity index (χ0) is 20.1. The van der Waals surface area contributed by atoms with E-state index in [-0.39, 0.29) is 11.6 Å². The molecule has 0 unspecified atom stereocenters. The largest absolute Gasteiger partial charge is 0.496 e. The van der Waals surface area contributed by atoms with Crippen LogP contribution in [0.25, 0.3) is 0 Å². The number of carbonyl (C=O) groups is 2. The first kappa shape index (κ1) is 19.6. The molecule has 8 heteroatoms. The third-order valence-corrected chi connectivity index (χ3v) is 4.79. The van der Waals surface area contributed by atoms with Crippen LogP contribution in [0, 0.1) is 6.92 Å². The van der Waals surface area contributed by atoms with Gasteiger partial charge in [0.1, 0.15) is 11.6 Å². The molecule has 3 amide bonds. The normalized spacial score (nSPS) is 12.8. The van der Waals surface area contributed by atoms with Gasteiger partial charge in [-0.3, -0.25) is 4.79 Å². The molecule has 148 valence electrons. The van der Waals surface area contributed by atoms with Crippen molar-refractivity contribution in [1.29, 1.82) is 0 Å². The number of nitrogens with zero attached hydrogens (tertiary/aromatic N) is 2. The van der Waals surface area contributed by atoms with Crippen molar-refractivity contribution in [2.75, 3.05) is 19.0 Å². The third-order valence-electron chi connectivity index (χ3n) is 4.79. The van der Waals surface area contributed by atoms with Crippen molar-refractivity contribution in [3.8, 4) is 5.75 Å².